The van der Waals surface area contributed by atoms with Crippen LogP contribution in [0.4, 0.5) is 5.69 Å². The standard InChI is InChI=1S/C40H30N4/c1-24-10-14-29-30-15-11-25(2)21-36(30)43(35(29)20-24)39-33(28-8-6-7-9-34(28)41-5)18-19-42-40(39)44-37-22-26(3)12-16-31(37)32-17-13-27(4)23-38(32)44/h6-23H,1-4H3. The SMILES string of the molecule is [C-]#[N+]c1ccccc1-c1ccnc(-n2c3cc(C)ccc3c3ccc(C)cc32)c1-n1c2cc(C)ccc2c2ccc(C)cc21. The van der Waals surface area contributed by atoms with Crippen LogP contribution in [-0.4, -0.2) is 14.1 Å². The molecular formula is C40H30N4. The van der Waals surface area contributed by atoms with Crippen molar-refractivity contribution in [3.8, 4) is 22.6 Å². The van der Waals surface area contributed by atoms with E-state index in [1.54, 1.807) is 0 Å². The molecule has 0 amide bonds. The van der Waals surface area contributed by atoms with Crippen LogP contribution in [0.1, 0.15) is 22.3 Å². The summed E-state index contributed by atoms with van der Waals surface area (Å²) in [7, 11) is 0. The summed E-state index contributed by atoms with van der Waals surface area (Å²) >= 11 is 0. The number of para-hydroxylation sites is 1. The molecule has 0 spiro atoms. The monoisotopic (exact) mass is 566 g/mol. The topological polar surface area (TPSA) is 27.1 Å². The lowest BCUT2D eigenvalue weighted by Crippen LogP contribution is -2.08. The van der Waals surface area contributed by atoms with E-state index in [-0.39, 0.29) is 0 Å². The summed E-state index contributed by atoms with van der Waals surface area (Å²) in [4.78, 5) is 9.15. The van der Waals surface area contributed by atoms with Crippen molar-refractivity contribution in [1.82, 2.24) is 14.1 Å². The van der Waals surface area contributed by atoms with E-state index in [2.05, 4.69) is 127 Å². The van der Waals surface area contributed by atoms with E-state index in [9.17, 15) is 0 Å². The van der Waals surface area contributed by atoms with E-state index in [0.717, 1.165) is 44.7 Å². The first-order valence-corrected chi connectivity index (χ1v) is 14.9. The van der Waals surface area contributed by atoms with Crippen molar-refractivity contribution in [2.45, 2.75) is 27.7 Å². The Labute approximate surface area is 256 Å². The maximum absolute atomic E-state index is 8.05. The second-order valence-electron chi connectivity index (χ2n) is 11.9. The Morgan fingerprint density at radius 3 is 1.45 bits per heavy atom. The van der Waals surface area contributed by atoms with Gasteiger partial charge in [-0.3, -0.25) is 4.57 Å². The molecule has 0 saturated heterocycles. The lowest BCUT2D eigenvalue weighted by molar-refractivity contribution is 1.03. The predicted molar refractivity (Wildman–Crippen MR) is 184 cm³/mol. The van der Waals surface area contributed by atoms with Gasteiger partial charge in [-0.05, 0) is 85.8 Å². The first kappa shape index (κ1) is 26.0. The van der Waals surface area contributed by atoms with Gasteiger partial charge < -0.3 is 4.57 Å². The highest BCUT2D eigenvalue weighted by molar-refractivity contribution is 6.12. The molecule has 3 aromatic heterocycles. The van der Waals surface area contributed by atoms with Gasteiger partial charge in [-0.25, -0.2) is 9.83 Å². The van der Waals surface area contributed by atoms with Crippen LogP contribution >= 0.6 is 0 Å². The summed E-state index contributed by atoms with van der Waals surface area (Å²) < 4.78 is 4.71. The van der Waals surface area contributed by atoms with E-state index in [1.165, 1.54) is 43.8 Å². The van der Waals surface area contributed by atoms with Gasteiger partial charge in [0.05, 0.1) is 34.3 Å². The number of fused-ring (bicyclic) bond motifs is 6. The molecule has 4 nitrogen and oxygen atoms in total. The van der Waals surface area contributed by atoms with E-state index in [1.807, 2.05) is 24.4 Å². The van der Waals surface area contributed by atoms with Crippen LogP contribution in [0.2, 0.25) is 0 Å². The molecule has 8 rings (SSSR count). The largest absolute Gasteiger partial charge is 0.305 e. The fourth-order valence-corrected chi connectivity index (χ4v) is 6.79. The van der Waals surface area contributed by atoms with Crippen molar-refractivity contribution in [3.05, 3.63) is 143 Å². The van der Waals surface area contributed by atoms with Crippen LogP contribution in [0, 0.1) is 34.3 Å². The van der Waals surface area contributed by atoms with Gasteiger partial charge in [-0.15, -0.1) is 0 Å². The number of benzene rings is 5. The van der Waals surface area contributed by atoms with Gasteiger partial charge in [0.25, 0.3) is 0 Å². The minimum Gasteiger partial charge on any atom is -0.305 e. The highest BCUT2D eigenvalue weighted by Gasteiger charge is 2.24. The molecule has 3 heterocycles. The van der Waals surface area contributed by atoms with Crippen LogP contribution < -0.4 is 0 Å². The number of nitrogens with zero attached hydrogens (tertiary/aromatic N) is 4. The highest BCUT2D eigenvalue weighted by atomic mass is 15.1. The van der Waals surface area contributed by atoms with Crippen molar-refractivity contribution >= 4 is 49.3 Å². The van der Waals surface area contributed by atoms with Crippen LogP contribution in [0.15, 0.2) is 109 Å². The second-order valence-corrected chi connectivity index (χ2v) is 11.9. The molecule has 5 aromatic carbocycles. The first-order chi connectivity index (χ1) is 21.4. The van der Waals surface area contributed by atoms with E-state index < -0.39 is 0 Å². The summed E-state index contributed by atoms with van der Waals surface area (Å²) in [6.07, 6.45) is 1.89. The number of hydrogen-bond donors (Lipinski definition) is 0. The number of aryl methyl sites for hydroxylation is 4. The maximum atomic E-state index is 8.05. The molecule has 0 radical (unpaired) electrons. The highest BCUT2D eigenvalue weighted by Crippen LogP contribution is 2.43. The lowest BCUT2D eigenvalue weighted by Gasteiger charge is -2.20. The third kappa shape index (κ3) is 3.80. The molecule has 0 aliphatic carbocycles. The zero-order chi connectivity index (χ0) is 30.1. The molecule has 0 aliphatic rings. The van der Waals surface area contributed by atoms with Gasteiger partial charge in [0, 0.05) is 33.3 Å². The normalized spacial score (nSPS) is 11.6. The second kappa shape index (κ2) is 9.69. The summed E-state index contributed by atoms with van der Waals surface area (Å²) in [5.74, 6) is 0.834. The molecule has 4 heteroatoms. The van der Waals surface area contributed by atoms with Gasteiger partial charge in [0.2, 0.25) is 0 Å². The molecule has 0 N–H and O–H groups in total. The van der Waals surface area contributed by atoms with Crippen molar-refractivity contribution in [2.24, 2.45) is 0 Å². The number of pyridine rings is 1. The molecule has 44 heavy (non-hydrogen) atoms. The Kier molecular flexibility index (Phi) is 5.73. The first-order valence-electron chi connectivity index (χ1n) is 14.9. The lowest BCUT2D eigenvalue weighted by atomic mass is 10.0. The Bertz CT molecular complexity index is 2380. The predicted octanol–water partition coefficient (Wildman–Crippen LogP) is 10.7. The number of hydrogen-bond acceptors (Lipinski definition) is 1. The number of rotatable bonds is 3. The van der Waals surface area contributed by atoms with E-state index >= 15 is 0 Å². The smallest absolute Gasteiger partial charge is 0.194 e. The summed E-state index contributed by atoms with van der Waals surface area (Å²) in [6.45, 7) is 16.6. The zero-order valence-corrected chi connectivity index (χ0v) is 25.2. The fraction of sp³-hybridized carbons (Fsp3) is 0.100. The summed E-state index contributed by atoms with van der Waals surface area (Å²) in [5, 5.41) is 4.77. The van der Waals surface area contributed by atoms with Crippen molar-refractivity contribution in [1.29, 1.82) is 0 Å². The average molecular weight is 567 g/mol. The minimum absolute atomic E-state index is 0.618. The van der Waals surface area contributed by atoms with Gasteiger partial charge in [0.15, 0.2) is 11.5 Å². The van der Waals surface area contributed by atoms with Crippen LogP contribution in [0.5, 0.6) is 0 Å². The van der Waals surface area contributed by atoms with Crippen molar-refractivity contribution in [2.75, 3.05) is 0 Å². The molecule has 210 valence electrons. The molecule has 0 aliphatic heterocycles. The zero-order valence-electron chi connectivity index (χ0n) is 25.2. The molecule has 0 fully saturated rings. The fourth-order valence-electron chi connectivity index (χ4n) is 6.79. The molecule has 0 saturated carbocycles. The summed E-state index contributed by atoms with van der Waals surface area (Å²) in [6, 6.07) is 36.7. The van der Waals surface area contributed by atoms with Crippen LogP contribution in [0.25, 0.3) is 71.1 Å². The minimum atomic E-state index is 0.618. The molecule has 0 bridgehead atoms. The van der Waals surface area contributed by atoms with E-state index in [0.29, 0.717) is 5.69 Å². The molecular weight excluding hydrogens is 536 g/mol. The Morgan fingerprint density at radius 1 is 0.523 bits per heavy atom. The van der Waals surface area contributed by atoms with Gasteiger partial charge in [-0.2, -0.15) is 0 Å². The number of aromatic nitrogens is 3. The van der Waals surface area contributed by atoms with Gasteiger partial charge in [-0.1, -0.05) is 72.8 Å². The summed E-state index contributed by atoms with van der Waals surface area (Å²) in [5.41, 5.74) is 12.7. The third-order valence-electron chi connectivity index (χ3n) is 8.81. The quantitative estimate of drug-likeness (QED) is 0.195. The van der Waals surface area contributed by atoms with E-state index in [4.69, 9.17) is 11.6 Å². The third-order valence-corrected chi connectivity index (χ3v) is 8.81. The Hall–Kier alpha value is -5.66. The Morgan fingerprint density at radius 2 is 0.977 bits per heavy atom. The average Bonchev–Trinajstić information content (AvgIpc) is 3.50. The van der Waals surface area contributed by atoms with Gasteiger partial charge >= 0.3 is 0 Å². The van der Waals surface area contributed by atoms with Crippen molar-refractivity contribution in [3.63, 3.8) is 0 Å². The molecule has 8 aromatic rings. The van der Waals surface area contributed by atoms with Gasteiger partial charge in [0.1, 0.15) is 0 Å². The Balaban J connectivity index is 1.64. The van der Waals surface area contributed by atoms with Crippen LogP contribution in [0.3, 0.4) is 0 Å². The maximum Gasteiger partial charge on any atom is 0.194 e. The molecule has 0 atom stereocenters. The molecule has 0 unspecified atom stereocenters. The van der Waals surface area contributed by atoms with Crippen LogP contribution in [-0.2, 0) is 0 Å². The van der Waals surface area contributed by atoms with Crippen molar-refractivity contribution < 1.29 is 0 Å².